The molecule has 1 N–H and O–H groups in total. The number of hydrogen-bond acceptors (Lipinski definition) is 3. The molecule has 1 amide bonds. The first-order chi connectivity index (χ1) is 11.1. The zero-order chi connectivity index (χ0) is 16.2. The number of likely N-dealkylation sites (tertiary alicyclic amines) is 1. The van der Waals surface area contributed by atoms with Crippen molar-refractivity contribution in [3.05, 3.63) is 35.9 Å². The monoisotopic (exact) mass is 317 g/mol. The van der Waals surface area contributed by atoms with Gasteiger partial charge in [0.2, 0.25) is 0 Å². The number of carboxylic acid groups (broad SMARTS) is 1. The predicted octanol–water partition coefficient (Wildman–Crippen LogP) is 3.29. The summed E-state index contributed by atoms with van der Waals surface area (Å²) in [6.45, 7) is 0.649. The summed E-state index contributed by atoms with van der Waals surface area (Å²) >= 11 is 0. The molecule has 0 radical (unpaired) electrons. The maximum atomic E-state index is 12.3. The summed E-state index contributed by atoms with van der Waals surface area (Å²) in [7, 11) is 0. The molecule has 0 aromatic heterocycles. The molecule has 1 heterocycles. The van der Waals surface area contributed by atoms with E-state index in [1.54, 1.807) is 0 Å². The molecule has 124 valence electrons. The van der Waals surface area contributed by atoms with Gasteiger partial charge in [-0.2, -0.15) is 0 Å². The van der Waals surface area contributed by atoms with Crippen molar-refractivity contribution < 1.29 is 19.4 Å². The van der Waals surface area contributed by atoms with Crippen LogP contribution >= 0.6 is 0 Å². The average Bonchev–Trinajstić information content (AvgIpc) is 3.37. The second-order valence-corrected chi connectivity index (χ2v) is 6.66. The molecule has 5 heteroatoms. The third-order valence-corrected chi connectivity index (χ3v) is 4.80. The molecule has 2 atom stereocenters. The van der Waals surface area contributed by atoms with Gasteiger partial charge in [-0.25, -0.2) is 9.59 Å². The second kappa shape index (κ2) is 7.02. The normalized spacial score (nSPS) is 24.3. The summed E-state index contributed by atoms with van der Waals surface area (Å²) < 4.78 is 5.30. The van der Waals surface area contributed by atoms with Gasteiger partial charge in [-0.15, -0.1) is 0 Å². The lowest BCUT2D eigenvalue weighted by atomic mass is 9.87. The summed E-state index contributed by atoms with van der Waals surface area (Å²) in [6, 6.07) is 8.67. The van der Waals surface area contributed by atoms with Gasteiger partial charge in [0.05, 0.1) is 0 Å². The molecule has 3 rings (SSSR count). The summed E-state index contributed by atoms with van der Waals surface area (Å²) in [5, 5.41) is 9.46. The van der Waals surface area contributed by atoms with E-state index in [1.165, 1.54) is 17.7 Å². The molecule has 0 bridgehead atoms. The second-order valence-electron chi connectivity index (χ2n) is 6.66. The summed E-state index contributed by atoms with van der Waals surface area (Å²) in [4.78, 5) is 25.2. The van der Waals surface area contributed by atoms with Crippen LogP contribution in [0.15, 0.2) is 30.3 Å². The number of carboxylic acids is 1. The Labute approximate surface area is 136 Å². The van der Waals surface area contributed by atoms with Gasteiger partial charge in [-0.05, 0) is 36.7 Å². The SMILES string of the molecule is O=C(O)C1CC(CC2CC2)CCN1C(=O)OCc1ccccc1. The fourth-order valence-electron chi connectivity index (χ4n) is 3.33. The van der Waals surface area contributed by atoms with E-state index in [0.717, 1.165) is 24.3 Å². The topological polar surface area (TPSA) is 66.8 Å². The number of ether oxygens (including phenoxy) is 1. The van der Waals surface area contributed by atoms with Gasteiger partial charge in [-0.1, -0.05) is 43.2 Å². The van der Waals surface area contributed by atoms with E-state index in [0.29, 0.717) is 18.9 Å². The molecule has 1 aliphatic heterocycles. The van der Waals surface area contributed by atoms with Gasteiger partial charge < -0.3 is 9.84 Å². The van der Waals surface area contributed by atoms with Gasteiger partial charge >= 0.3 is 12.1 Å². The average molecular weight is 317 g/mol. The minimum Gasteiger partial charge on any atom is -0.480 e. The number of aliphatic carboxylic acids is 1. The van der Waals surface area contributed by atoms with Crippen molar-refractivity contribution in [1.29, 1.82) is 0 Å². The zero-order valence-corrected chi connectivity index (χ0v) is 13.2. The van der Waals surface area contributed by atoms with E-state index < -0.39 is 18.1 Å². The van der Waals surface area contributed by atoms with Crippen LogP contribution in [0.5, 0.6) is 0 Å². The van der Waals surface area contributed by atoms with Gasteiger partial charge in [0.15, 0.2) is 0 Å². The molecule has 23 heavy (non-hydrogen) atoms. The molecule has 0 spiro atoms. The number of carbonyl (C=O) groups excluding carboxylic acids is 1. The Bertz CT molecular complexity index is 555. The molecule has 1 aliphatic carbocycles. The fourth-order valence-corrected chi connectivity index (χ4v) is 3.33. The smallest absolute Gasteiger partial charge is 0.410 e. The third kappa shape index (κ3) is 4.24. The van der Waals surface area contributed by atoms with Gasteiger partial charge in [0.1, 0.15) is 12.6 Å². The maximum Gasteiger partial charge on any atom is 0.410 e. The van der Waals surface area contributed by atoms with E-state index in [9.17, 15) is 14.7 Å². The molecular formula is C18H23NO4. The first kappa shape index (κ1) is 15.8. The number of carbonyl (C=O) groups is 2. The number of rotatable bonds is 5. The van der Waals surface area contributed by atoms with Crippen LogP contribution in [-0.4, -0.2) is 34.7 Å². The number of nitrogens with zero attached hydrogens (tertiary/aromatic N) is 1. The first-order valence-electron chi connectivity index (χ1n) is 8.33. The summed E-state index contributed by atoms with van der Waals surface area (Å²) in [5.74, 6) is 0.273. The molecule has 1 saturated heterocycles. The van der Waals surface area contributed by atoms with E-state index in [2.05, 4.69) is 0 Å². The lowest BCUT2D eigenvalue weighted by Crippen LogP contribution is -2.50. The third-order valence-electron chi connectivity index (χ3n) is 4.80. The highest BCUT2D eigenvalue weighted by Gasteiger charge is 2.38. The minimum atomic E-state index is -0.929. The predicted molar refractivity (Wildman–Crippen MR) is 84.8 cm³/mol. The molecular weight excluding hydrogens is 294 g/mol. The highest BCUT2D eigenvalue weighted by molar-refractivity contribution is 5.80. The standard InChI is InChI=1S/C18H23NO4/c20-17(21)16-11-15(10-13-6-7-13)8-9-19(16)18(22)23-12-14-4-2-1-3-5-14/h1-5,13,15-16H,6-12H2,(H,20,21). The minimum absolute atomic E-state index is 0.175. The summed E-state index contributed by atoms with van der Waals surface area (Å²) in [6.07, 6.45) is 4.56. The number of piperidine rings is 1. The van der Waals surface area contributed by atoms with Crippen molar-refractivity contribution in [3.8, 4) is 0 Å². The van der Waals surface area contributed by atoms with Crippen LogP contribution in [0.25, 0.3) is 0 Å². The molecule has 5 nitrogen and oxygen atoms in total. The molecule has 1 aromatic rings. The van der Waals surface area contributed by atoms with Crippen LogP contribution in [-0.2, 0) is 16.1 Å². The Hall–Kier alpha value is -2.04. The number of hydrogen-bond donors (Lipinski definition) is 1. The zero-order valence-electron chi connectivity index (χ0n) is 13.2. The Morgan fingerprint density at radius 2 is 1.87 bits per heavy atom. The fraction of sp³-hybridized carbons (Fsp3) is 0.556. The van der Waals surface area contributed by atoms with Crippen molar-refractivity contribution in [1.82, 2.24) is 4.90 Å². The van der Waals surface area contributed by atoms with E-state index in [-0.39, 0.29) is 6.61 Å². The summed E-state index contributed by atoms with van der Waals surface area (Å²) in [5.41, 5.74) is 0.899. The Morgan fingerprint density at radius 1 is 1.13 bits per heavy atom. The van der Waals surface area contributed by atoms with Crippen LogP contribution < -0.4 is 0 Å². The number of amides is 1. The van der Waals surface area contributed by atoms with Gasteiger partial charge in [0.25, 0.3) is 0 Å². The lowest BCUT2D eigenvalue weighted by molar-refractivity contribution is -0.144. The van der Waals surface area contributed by atoms with Crippen LogP contribution in [0.1, 0.15) is 37.7 Å². The largest absolute Gasteiger partial charge is 0.480 e. The van der Waals surface area contributed by atoms with Crippen LogP contribution in [0, 0.1) is 11.8 Å². The first-order valence-corrected chi connectivity index (χ1v) is 8.33. The van der Waals surface area contributed by atoms with Crippen molar-refractivity contribution in [3.63, 3.8) is 0 Å². The molecule has 2 fully saturated rings. The Balaban J connectivity index is 1.56. The van der Waals surface area contributed by atoms with E-state index in [1.807, 2.05) is 30.3 Å². The molecule has 1 saturated carbocycles. The highest BCUT2D eigenvalue weighted by atomic mass is 16.6. The molecule has 2 unspecified atom stereocenters. The highest BCUT2D eigenvalue weighted by Crippen LogP contribution is 2.39. The van der Waals surface area contributed by atoms with Crippen molar-refractivity contribution in [2.24, 2.45) is 11.8 Å². The van der Waals surface area contributed by atoms with Crippen molar-refractivity contribution >= 4 is 12.1 Å². The Kier molecular flexibility index (Phi) is 4.84. The Morgan fingerprint density at radius 3 is 2.52 bits per heavy atom. The van der Waals surface area contributed by atoms with Crippen molar-refractivity contribution in [2.75, 3.05) is 6.54 Å². The molecule has 2 aliphatic rings. The van der Waals surface area contributed by atoms with Gasteiger partial charge in [-0.3, -0.25) is 4.90 Å². The lowest BCUT2D eigenvalue weighted by Gasteiger charge is -2.36. The molecule has 1 aromatic carbocycles. The van der Waals surface area contributed by atoms with E-state index >= 15 is 0 Å². The number of benzene rings is 1. The van der Waals surface area contributed by atoms with Gasteiger partial charge in [0, 0.05) is 6.54 Å². The van der Waals surface area contributed by atoms with Crippen molar-refractivity contribution in [2.45, 2.75) is 44.8 Å². The van der Waals surface area contributed by atoms with Crippen LogP contribution in [0.4, 0.5) is 4.79 Å². The quantitative estimate of drug-likeness (QED) is 0.905. The van der Waals surface area contributed by atoms with E-state index in [4.69, 9.17) is 4.74 Å². The maximum absolute atomic E-state index is 12.3. The van der Waals surface area contributed by atoms with Crippen LogP contribution in [0.2, 0.25) is 0 Å². The van der Waals surface area contributed by atoms with Crippen LogP contribution in [0.3, 0.4) is 0 Å².